The third kappa shape index (κ3) is 3.81. The Labute approximate surface area is 68.8 Å². The molecule has 0 aromatic rings. The summed E-state index contributed by atoms with van der Waals surface area (Å²) in [5.74, 6) is 1.10. The van der Waals surface area contributed by atoms with E-state index < -0.39 is 0 Å². The van der Waals surface area contributed by atoms with Gasteiger partial charge in [0.05, 0.1) is 5.76 Å². The lowest BCUT2D eigenvalue weighted by atomic mass is 9.97. The van der Waals surface area contributed by atoms with Crippen molar-refractivity contribution in [1.82, 2.24) is 0 Å². The monoisotopic (exact) mass is 155 g/mol. The van der Waals surface area contributed by atoms with Crippen LogP contribution in [0.3, 0.4) is 0 Å². The fourth-order valence-corrected chi connectivity index (χ4v) is 0.373. The van der Waals surface area contributed by atoms with Gasteiger partial charge < -0.3 is 4.74 Å². The highest BCUT2D eigenvalue weighted by atomic mass is 16.5. The van der Waals surface area contributed by atoms with Crippen molar-refractivity contribution >= 4 is 5.90 Å². The average molecular weight is 155 g/mol. The summed E-state index contributed by atoms with van der Waals surface area (Å²) in [6.07, 6.45) is 1.85. The van der Waals surface area contributed by atoms with Crippen molar-refractivity contribution in [3.8, 4) is 0 Å². The molecule has 0 aliphatic rings. The lowest BCUT2D eigenvalue weighted by Gasteiger charge is -2.19. The molecule has 0 saturated heterocycles. The summed E-state index contributed by atoms with van der Waals surface area (Å²) in [6.45, 7) is 9.61. The van der Waals surface area contributed by atoms with Crippen molar-refractivity contribution in [2.24, 2.45) is 5.41 Å². The van der Waals surface area contributed by atoms with Crippen LogP contribution in [0.5, 0.6) is 0 Å². The number of ether oxygens (including phenoxy) is 1. The van der Waals surface area contributed by atoms with Gasteiger partial charge in [-0.1, -0.05) is 20.8 Å². The molecular formula is C9H17NO. The third-order valence-corrected chi connectivity index (χ3v) is 1.35. The maximum atomic E-state index is 7.51. The van der Waals surface area contributed by atoms with Crippen LogP contribution in [0.1, 0.15) is 34.6 Å². The van der Waals surface area contributed by atoms with E-state index in [-0.39, 0.29) is 5.41 Å². The molecule has 64 valence electrons. The van der Waals surface area contributed by atoms with E-state index in [0.29, 0.717) is 5.90 Å². The van der Waals surface area contributed by atoms with Gasteiger partial charge in [-0.05, 0) is 19.9 Å². The summed E-state index contributed by atoms with van der Waals surface area (Å²) >= 11 is 0. The van der Waals surface area contributed by atoms with E-state index in [1.807, 2.05) is 40.7 Å². The van der Waals surface area contributed by atoms with Gasteiger partial charge >= 0.3 is 0 Å². The van der Waals surface area contributed by atoms with Gasteiger partial charge in [-0.2, -0.15) is 0 Å². The fourth-order valence-electron chi connectivity index (χ4n) is 0.373. The van der Waals surface area contributed by atoms with Gasteiger partial charge in [-0.15, -0.1) is 0 Å². The molecule has 0 spiro atoms. The summed E-state index contributed by atoms with van der Waals surface area (Å²) in [7, 11) is 0. The van der Waals surface area contributed by atoms with Gasteiger partial charge in [0.15, 0.2) is 5.90 Å². The van der Waals surface area contributed by atoms with Gasteiger partial charge in [-0.3, -0.25) is 5.41 Å². The highest BCUT2D eigenvalue weighted by Gasteiger charge is 2.18. The Morgan fingerprint density at radius 1 is 1.36 bits per heavy atom. The maximum absolute atomic E-state index is 7.51. The molecule has 0 aliphatic heterocycles. The van der Waals surface area contributed by atoms with E-state index in [2.05, 4.69) is 0 Å². The van der Waals surface area contributed by atoms with Crippen molar-refractivity contribution in [1.29, 1.82) is 5.41 Å². The lowest BCUT2D eigenvalue weighted by molar-refractivity contribution is 0.343. The minimum absolute atomic E-state index is 0.190. The first kappa shape index (κ1) is 10.2. The van der Waals surface area contributed by atoms with E-state index >= 15 is 0 Å². The Morgan fingerprint density at radius 3 is 2.09 bits per heavy atom. The molecule has 2 heteroatoms. The zero-order chi connectivity index (χ0) is 9.07. The minimum atomic E-state index is -0.190. The molecule has 0 atom stereocenters. The van der Waals surface area contributed by atoms with Gasteiger partial charge in [0.25, 0.3) is 0 Å². The smallest absolute Gasteiger partial charge is 0.192 e. The van der Waals surface area contributed by atoms with Crippen LogP contribution in [0.2, 0.25) is 0 Å². The maximum Gasteiger partial charge on any atom is 0.192 e. The zero-order valence-electron chi connectivity index (χ0n) is 7.99. The van der Waals surface area contributed by atoms with Crippen molar-refractivity contribution in [3.05, 3.63) is 11.8 Å². The summed E-state index contributed by atoms with van der Waals surface area (Å²) in [5.41, 5.74) is -0.190. The predicted octanol–water partition coefficient (Wildman–Crippen LogP) is 2.95. The van der Waals surface area contributed by atoms with Gasteiger partial charge in [0, 0.05) is 5.41 Å². The van der Waals surface area contributed by atoms with Crippen LogP contribution >= 0.6 is 0 Å². The second-order valence-corrected chi connectivity index (χ2v) is 3.58. The van der Waals surface area contributed by atoms with Crippen LogP contribution in [0, 0.1) is 10.8 Å². The molecule has 0 heterocycles. The fraction of sp³-hybridized carbons (Fsp3) is 0.667. The molecule has 0 fully saturated rings. The SMILES string of the molecule is CC=C(C)OC(=N)C(C)(C)C. The first-order valence-electron chi connectivity index (χ1n) is 3.77. The largest absolute Gasteiger partial charge is 0.448 e. The molecule has 0 amide bonds. The quantitative estimate of drug-likeness (QED) is 0.352. The Hall–Kier alpha value is -0.790. The molecular weight excluding hydrogens is 138 g/mol. The molecule has 0 radical (unpaired) electrons. The molecule has 1 N–H and O–H groups in total. The highest BCUT2D eigenvalue weighted by Crippen LogP contribution is 2.17. The number of rotatable bonds is 1. The predicted molar refractivity (Wildman–Crippen MR) is 47.7 cm³/mol. The van der Waals surface area contributed by atoms with Gasteiger partial charge in [-0.25, -0.2) is 0 Å². The van der Waals surface area contributed by atoms with E-state index in [9.17, 15) is 0 Å². The van der Waals surface area contributed by atoms with Crippen LogP contribution in [-0.4, -0.2) is 5.90 Å². The van der Waals surface area contributed by atoms with Crippen LogP contribution in [0.25, 0.3) is 0 Å². The van der Waals surface area contributed by atoms with Crippen molar-refractivity contribution in [2.45, 2.75) is 34.6 Å². The second kappa shape index (κ2) is 3.56. The van der Waals surface area contributed by atoms with Crippen LogP contribution in [0.4, 0.5) is 0 Å². The molecule has 0 unspecified atom stereocenters. The molecule has 0 saturated carbocycles. The van der Waals surface area contributed by atoms with Crippen LogP contribution in [-0.2, 0) is 4.74 Å². The van der Waals surface area contributed by atoms with Crippen molar-refractivity contribution in [3.63, 3.8) is 0 Å². The molecule has 0 aromatic heterocycles. The zero-order valence-corrected chi connectivity index (χ0v) is 7.99. The number of hydrogen-bond donors (Lipinski definition) is 1. The van der Waals surface area contributed by atoms with Gasteiger partial charge in [0.1, 0.15) is 0 Å². The molecule has 0 aliphatic carbocycles. The standard InChI is InChI=1S/C9H17NO/c1-6-7(2)11-8(10)9(3,4)5/h6,10H,1-5H3. The number of hydrogen-bond acceptors (Lipinski definition) is 2. The minimum Gasteiger partial charge on any atom is -0.448 e. The molecule has 0 bridgehead atoms. The van der Waals surface area contributed by atoms with Gasteiger partial charge in [0.2, 0.25) is 0 Å². The normalized spacial score (nSPS) is 13.0. The summed E-state index contributed by atoms with van der Waals surface area (Å²) < 4.78 is 5.21. The van der Waals surface area contributed by atoms with Crippen LogP contribution in [0.15, 0.2) is 11.8 Å². The Bertz CT molecular complexity index is 174. The van der Waals surface area contributed by atoms with Crippen molar-refractivity contribution < 1.29 is 4.74 Å². The Morgan fingerprint density at radius 2 is 1.82 bits per heavy atom. The van der Waals surface area contributed by atoms with E-state index in [0.717, 1.165) is 5.76 Å². The van der Waals surface area contributed by atoms with E-state index in [4.69, 9.17) is 10.1 Å². The molecule has 0 aromatic carbocycles. The Balaban J connectivity index is 4.10. The lowest BCUT2D eigenvalue weighted by Crippen LogP contribution is -2.21. The average Bonchev–Trinajstić information content (AvgIpc) is 1.85. The summed E-state index contributed by atoms with van der Waals surface area (Å²) in [6, 6.07) is 0. The van der Waals surface area contributed by atoms with Crippen molar-refractivity contribution in [2.75, 3.05) is 0 Å². The molecule has 2 nitrogen and oxygen atoms in total. The number of allylic oxidation sites excluding steroid dienone is 2. The topological polar surface area (TPSA) is 33.1 Å². The third-order valence-electron chi connectivity index (χ3n) is 1.35. The van der Waals surface area contributed by atoms with E-state index in [1.165, 1.54) is 0 Å². The first-order chi connectivity index (χ1) is 4.88. The molecule has 0 rings (SSSR count). The Kier molecular flexibility index (Phi) is 3.30. The summed E-state index contributed by atoms with van der Waals surface area (Å²) in [4.78, 5) is 0. The molecule has 11 heavy (non-hydrogen) atoms. The summed E-state index contributed by atoms with van der Waals surface area (Å²) in [5, 5.41) is 7.51. The van der Waals surface area contributed by atoms with Crippen LogP contribution < -0.4 is 0 Å². The second-order valence-electron chi connectivity index (χ2n) is 3.58. The van der Waals surface area contributed by atoms with E-state index in [1.54, 1.807) is 0 Å². The highest BCUT2D eigenvalue weighted by molar-refractivity contribution is 5.79. The first-order valence-corrected chi connectivity index (χ1v) is 3.77. The number of nitrogens with one attached hydrogen (secondary N) is 1.